The van der Waals surface area contributed by atoms with Gasteiger partial charge in [0, 0.05) is 36.6 Å². The number of anilines is 1. The van der Waals surface area contributed by atoms with Crippen LogP contribution in [0.4, 0.5) is 10.2 Å². The fourth-order valence-corrected chi connectivity index (χ4v) is 7.29. The van der Waals surface area contributed by atoms with Crippen LogP contribution in [0.3, 0.4) is 0 Å². The van der Waals surface area contributed by atoms with Gasteiger partial charge in [-0.2, -0.15) is 9.97 Å². The SMILES string of the molecule is [C-]#[N+]C[C@H]1CN(c2nc(OC[C@@H]3CCCN3C)nc3c(F)c(-c4cccc5c4C4CC4C5)ccc23)CCN1C(=O)C=C. The van der Waals surface area contributed by atoms with E-state index in [0.29, 0.717) is 54.8 Å². The molecule has 4 atom stereocenters. The van der Waals surface area contributed by atoms with Gasteiger partial charge >= 0.3 is 6.01 Å². The van der Waals surface area contributed by atoms with Crippen molar-refractivity contribution >= 4 is 22.6 Å². The first-order valence-electron chi connectivity index (χ1n) is 14.9. The summed E-state index contributed by atoms with van der Waals surface area (Å²) in [7, 11) is 2.09. The molecule has 2 aromatic carbocycles. The number of likely N-dealkylation sites (tertiary alicyclic amines) is 1. The van der Waals surface area contributed by atoms with Gasteiger partial charge in [0.1, 0.15) is 24.0 Å². The van der Waals surface area contributed by atoms with E-state index in [0.717, 1.165) is 31.4 Å². The summed E-state index contributed by atoms with van der Waals surface area (Å²) in [5.41, 5.74) is 4.38. The van der Waals surface area contributed by atoms with Gasteiger partial charge in [-0.25, -0.2) is 11.0 Å². The van der Waals surface area contributed by atoms with E-state index < -0.39 is 0 Å². The van der Waals surface area contributed by atoms with Gasteiger partial charge in [-0.05, 0) is 79.9 Å². The number of likely N-dealkylation sites (N-methyl/N-ethyl adjacent to an activating group) is 1. The summed E-state index contributed by atoms with van der Waals surface area (Å²) in [4.78, 5) is 31.6. The third kappa shape index (κ3) is 4.58. The molecule has 1 aromatic heterocycles. The molecular formula is C33H35FN6O2. The van der Waals surface area contributed by atoms with Crippen LogP contribution in [0.1, 0.15) is 36.3 Å². The van der Waals surface area contributed by atoms with E-state index >= 15 is 4.39 Å². The third-order valence-electron chi connectivity index (χ3n) is 9.65. The van der Waals surface area contributed by atoms with Crippen molar-refractivity contribution in [3.8, 4) is 17.1 Å². The first-order valence-corrected chi connectivity index (χ1v) is 14.9. The molecule has 8 nitrogen and oxygen atoms in total. The number of ether oxygens (including phenoxy) is 1. The summed E-state index contributed by atoms with van der Waals surface area (Å²) >= 11 is 0. The van der Waals surface area contributed by atoms with Gasteiger partial charge in [0.05, 0.1) is 0 Å². The highest BCUT2D eigenvalue weighted by Gasteiger charge is 2.46. The summed E-state index contributed by atoms with van der Waals surface area (Å²) < 4.78 is 22.8. The fourth-order valence-electron chi connectivity index (χ4n) is 7.29. The molecule has 3 fully saturated rings. The van der Waals surface area contributed by atoms with E-state index in [-0.39, 0.29) is 41.9 Å². The third-order valence-corrected chi connectivity index (χ3v) is 9.65. The lowest BCUT2D eigenvalue weighted by molar-refractivity contribution is -0.128. The zero-order valence-electron chi connectivity index (χ0n) is 23.9. The van der Waals surface area contributed by atoms with Crippen molar-refractivity contribution in [1.29, 1.82) is 0 Å². The van der Waals surface area contributed by atoms with Crippen molar-refractivity contribution < 1.29 is 13.9 Å². The minimum Gasteiger partial charge on any atom is -0.462 e. The molecule has 3 aromatic rings. The van der Waals surface area contributed by atoms with Gasteiger partial charge < -0.3 is 24.3 Å². The minimum absolute atomic E-state index is 0.153. The Balaban J connectivity index is 1.30. The molecule has 42 heavy (non-hydrogen) atoms. The molecule has 0 spiro atoms. The molecule has 2 saturated heterocycles. The van der Waals surface area contributed by atoms with Crippen molar-refractivity contribution in [2.24, 2.45) is 5.92 Å². The summed E-state index contributed by atoms with van der Waals surface area (Å²) in [6.45, 7) is 14.0. The number of fused-ring (bicyclic) bond motifs is 4. The number of nitrogens with zero attached hydrogens (tertiary/aromatic N) is 6. The van der Waals surface area contributed by atoms with Gasteiger partial charge in [0.15, 0.2) is 5.82 Å². The summed E-state index contributed by atoms with van der Waals surface area (Å²) in [6, 6.07) is 10.1. The number of hydrogen-bond donors (Lipinski definition) is 0. The standard InChI is InChI=1S/C33H35FN6O2/c1-4-28(41)40-14-13-39(18-23(40)17-35-2)32-26-11-10-25(24-9-5-7-20-15-21-16-27(21)29(20)24)30(34)31(26)36-33(37-32)42-19-22-8-6-12-38(22)3/h4-5,7,9-11,21-23,27H,1,6,8,12-19H2,3H3/t21?,22-,23-,27?/m0/s1. The highest BCUT2D eigenvalue weighted by molar-refractivity contribution is 5.94. The quantitative estimate of drug-likeness (QED) is 0.306. The maximum atomic E-state index is 16.6. The van der Waals surface area contributed by atoms with E-state index in [9.17, 15) is 4.79 Å². The second kappa shape index (κ2) is 10.7. The number of benzene rings is 2. The van der Waals surface area contributed by atoms with Crippen molar-refractivity contribution in [2.45, 2.75) is 43.7 Å². The number of carbonyl (C=O) groups is 1. The number of piperazine rings is 1. The van der Waals surface area contributed by atoms with E-state index in [4.69, 9.17) is 16.3 Å². The van der Waals surface area contributed by atoms with Crippen LogP contribution in [-0.2, 0) is 11.2 Å². The molecule has 3 heterocycles. The van der Waals surface area contributed by atoms with Crippen LogP contribution in [-0.4, -0.2) is 84.1 Å². The molecule has 1 saturated carbocycles. The molecule has 2 unspecified atom stereocenters. The Hall–Kier alpha value is -4.03. The Kier molecular flexibility index (Phi) is 6.82. The van der Waals surface area contributed by atoms with E-state index in [1.807, 2.05) is 29.2 Å². The Morgan fingerprint density at radius 1 is 1.19 bits per heavy atom. The number of amides is 1. The molecule has 0 bridgehead atoms. The molecule has 0 radical (unpaired) electrons. The van der Waals surface area contributed by atoms with Crippen LogP contribution >= 0.6 is 0 Å². The highest BCUT2D eigenvalue weighted by atomic mass is 19.1. The van der Waals surface area contributed by atoms with Gasteiger partial charge in [-0.15, -0.1) is 0 Å². The monoisotopic (exact) mass is 566 g/mol. The average Bonchev–Trinajstić information content (AvgIpc) is 3.48. The van der Waals surface area contributed by atoms with Crippen molar-refractivity contribution in [3.63, 3.8) is 0 Å². The molecule has 216 valence electrons. The summed E-state index contributed by atoms with van der Waals surface area (Å²) in [5.74, 6) is 1.24. The van der Waals surface area contributed by atoms with Crippen LogP contribution < -0.4 is 9.64 Å². The van der Waals surface area contributed by atoms with Gasteiger partial charge in [-0.1, -0.05) is 30.8 Å². The smallest absolute Gasteiger partial charge is 0.319 e. The van der Waals surface area contributed by atoms with Crippen LogP contribution in [0.15, 0.2) is 43.0 Å². The maximum Gasteiger partial charge on any atom is 0.319 e. The van der Waals surface area contributed by atoms with Gasteiger partial charge in [0.25, 0.3) is 0 Å². The Morgan fingerprint density at radius 2 is 2.07 bits per heavy atom. The zero-order valence-corrected chi connectivity index (χ0v) is 23.9. The molecule has 0 N–H and O–H groups in total. The van der Waals surface area contributed by atoms with E-state index in [2.05, 4.69) is 34.4 Å². The molecule has 2 aliphatic carbocycles. The Morgan fingerprint density at radius 3 is 2.86 bits per heavy atom. The minimum atomic E-state index is -0.366. The average molecular weight is 567 g/mol. The largest absolute Gasteiger partial charge is 0.462 e. The molecular weight excluding hydrogens is 531 g/mol. The summed E-state index contributed by atoms with van der Waals surface area (Å²) in [6.07, 6.45) is 5.71. The van der Waals surface area contributed by atoms with Gasteiger partial charge in [-0.3, -0.25) is 4.79 Å². The molecule has 1 amide bonds. The van der Waals surface area contributed by atoms with Crippen LogP contribution in [0.5, 0.6) is 6.01 Å². The number of hydrogen-bond acceptors (Lipinski definition) is 6. The lowest BCUT2D eigenvalue weighted by Crippen LogP contribution is -2.56. The van der Waals surface area contributed by atoms with Crippen molar-refractivity contribution in [2.75, 3.05) is 51.3 Å². The predicted octanol–water partition coefficient (Wildman–Crippen LogP) is 4.69. The number of aromatic nitrogens is 2. The van der Waals surface area contributed by atoms with Crippen LogP contribution in [0, 0.1) is 18.3 Å². The van der Waals surface area contributed by atoms with Gasteiger partial charge in [0.2, 0.25) is 12.5 Å². The number of carbonyl (C=O) groups excluding carboxylic acids is 1. The highest BCUT2D eigenvalue weighted by Crippen LogP contribution is 2.58. The topological polar surface area (TPSA) is 66.2 Å². The summed E-state index contributed by atoms with van der Waals surface area (Å²) in [5, 5.41) is 0.600. The molecule has 4 aliphatic rings. The molecule has 7 rings (SSSR count). The normalized spacial score (nSPS) is 24.8. The number of rotatable bonds is 7. The Labute approximate surface area is 245 Å². The lowest BCUT2D eigenvalue weighted by atomic mass is 9.93. The first kappa shape index (κ1) is 26.8. The second-order valence-electron chi connectivity index (χ2n) is 12.1. The first-order chi connectivity index (χ1) is 20.5. The molecule has 9 heteroatoms. The maximum absolute atomic E-state index is 16.6. The van der Waals surface area contributed by atoms with Crippen molar-refractivity contribution in [1.82, 2.24) is 19.8 Å². The van der Waals surface area contributed by atoms with Crippen LogP contribution in [0.2, 0.25) is 0 Å². The van der Waals surface area contributed by atoms with Crippen molar-refractivity contribution in [3.05, 3.63) is 71.3 Å². The van der Waals surface area contributed by atoms with E-state index in [1.165, 1.54) is 23.6 Å². The van der Waals surface area contributed by atoms with E-state index in [1.54, 1.807) is 4.90 Å². The lowest BCUT2D eigenvalue weighted by Gasteiger charge is -2.39. The van der Waals surface area contributed by atoms with Crippen LogP contribution in [0.25, 0.3) is 26.9 Å². The molecule has 2 aliphatic heterocycles. The second-order valence-corrected chi connectivity index (χ2v) is 12.1. The number of halogens is 1. The fraction of sp³-hybridized carbons (Fsp3) is 0.455. The zero-order chi connectivity index (χ0) is 29.0. The predicted molar refractivity (Wildman–Crippen MR) is 160 cm³/mol. The Bertz CT molecular complexity index is 1620.